The van der Waals surface area contributed by atoms with Crippen molar-refractivity contribution in [1.29, 1.82) is 10.7 Å². The fourth-order valence-corrected chi connectivity index (χ4v) is 48.9. The van der Waals surface area contributed by atoms with Gasteiger partial charge in [-0.3, -0.25) is 35.0 Å². The van der Waals surface area contributed by atoms with Crippen LogP contribution in [0.5, 0.6) is 0 Å². The maximum absolute atomic E-state index is 14.6. The fraction of sp³-hybridized carbons (Fsp3) is 0.977. The van der Waals surface area contributed by atoms with Gasteiger partial charge in [0.05, 0.1) is 30.5 Å². The van der Waals surface area contributed by atoms with E-state index in [4.69, 9.17) is 22.1 Å². The van der Waals surface area contributed by atoms with E-state index in [1.54, 1.807) is 0 Å². The third kappa shape index (κ3) is 6.06. The number of hydrogen-bond donors (Lipinski definition) is 8. The molecular weight excluding hydrogens is 1330 g/mol. The van der Waals surface area contributed by atoms with Gasteiger partial charge in [-0.05, 0) is 326 Å². The molecule has 0 aromatic heterocycles. The Bertz CT molecular complexity index is 4070. The second-order valence-electron chi connectivity index (χ2n) is 46.8. The molecule has 0 aromatic rings. The van der Waals surface area contributed by atoms with Crippen molar-refractivity contribution in [2.75, 3.05) is 19.6 Å². The van der Waals surface area contributed by atoms with Crippen LogP contribution in [0.25, 0.3) is 0 Å². The minimum atomic E-state index is -0.633. The maximum Gasteiger partial charge on any atom is 0.216 e. The molecule has 4 bridgehead atoms. The van der Waals surface area contributed by atoms with Crippen molar-refractivity contribution in [3.8, 4) is 6.07 Å². The van der Waals surface area contributed by atoms with Crippen LogP contribution in [0.4, 0.5) is 0 Å². The van der Waals surface area contributed by atoms with E-state index in [-0.39, 0.29) is 101 Å². The number of nitro groups is 1. The van der Waals surface area contributed by atoms with E-state index >= 15 is 0 Å². The summed E-state index contributed by atoms with van der Waals surface area (Å²) in [6.45, 7) is 25.0. The van der Waals surface area contributed by atoms with Crippen LogP contribution in [-0.2, 0) is 0 Å². The van der Waals surface area contributed by atoms with Crippen LogP contribution < -0.4 is 32.7 Å². The van der Waals surface area contributed by atoms with Gasteiger partial charge in [-0.2, -0.15) is 10.3 Å². The molecule has 13 saturated heterocycles. The zero-order chi connectivity index (χ0) is 70.7. The van der Waals surface area contributed by atoms with Gasteiger partial charge in [0.1, 0.15) is 6.17 Å². The molecule has 68 atom stereocenters. The molecule has 13 heterocycles. The number of hydrogen-bond acceptors (Lipinski definition) is 18. The van der Waals surface area contributed by atoms with Crippen molar-refractivity contribution >= 4 is 6.21 Å². The van der Waals surface area contributed by atoms with E-state index in [2.05, 4.69) is 96.9 Å². The standard InChI is InChI=1S/C88H123N15O4/c1-9-30-25(6)99-27(8)100-26(7)46-22(3)44-23(4)84-24(5)45-21(2)31-11-29(16-89)34(17-90)48-35(18-91)54-63-62(50(31)48)73(45)85-78-68(63)61-51-32(79(92)36-19-93-81(54)55(36)61)10-28-12-38-57-64-56-39(94-38)14-40-58-65(56)75-69-67(64)72(82-71(57)47(28)70(51)83(78)96-82)53(37(44)20-98(84)85)60(46)77(69)88(100)101-86(75)74-52-33(13-42(103(106)107)49(30)76(52)87(99)101)80-59(66(58)74)41(102(40)105)15-43(95-80)97-104/h17,21-88,90,93-96,105H,9-16,19-20,89,92H2,1-8H3. The van der Waals surface area contributed by atoms with Crippen molar-refractivity contribution < 1.29 is 10.1 Å². The zero-order valence-corrected chi connectivity index (χ0v) is 64.3. The first kappa shape index (κ1) is 63.0. The van der Waals surface area contributed by atoms with Crippen molar-refractivity contribution in [2.45, 2.75) is 216 Å². The second kappa shape index (κ2) is 19.5. The Morgan fingerprint density at radius 3 is 1.95 bits per heavy atom. The first-order valence-corrected chi connectivity index (χ1v) is 46.5. The average molecular weight is 1460 g/mol. The van der Waals surface area contributed by atoms with Gasteiger partial charge in [0.2, 0.25) is 6.04 Å². The third-order valence-electron chi connectivity index (χ3n) is 47.9. The molecule has 17 aliphatic carbocycles. The number of nitriles is 1. The molecule has 13 aliphatic heterocycles. The van der Waals surface area contributed by atoms with E-state index in [1.165, 1.54) is 19.4 Å². The van der Waals surface area contributed by atoms with Gasteiger partial charge in [-0.15, -0.1) is 4.91 Å². The predicted molar refractivity (Wildman–Crippen MR) is 394 cm³/mol. The highest BCUT2D eigenvalue weighted by Crippen LogP contribution is 2.87. The maximum atomic E-state index is 14.6. The third-order valence-corrected chi connectivity index (χ3v) is 47.9. The van der Waals surface area contributed by atoms with Gasteiger partial charge >= 0.3 is 0 Å². The van der Waals surface area contributed by atoms with E-state index in [0.717, 1.165) is 25.8 Å². The Morgan fingerprint density at radius 2 is 1.17 bits per heavy atom. The molecule has 68 unspecified atom stereocenters. The molecule has 10 N–H and O–H groups in total. The Morgan fingerprint density at radius 1 is 0.542 bits per heavy atom. The number of rotatable bonds is 5. The molecule has 30 rings (SSSR count). The van der Waals surface area contributed by atoms with Gasteiger partial charge in [0.25, 0.3) is 0 Å². The lowest BCUT2D eigenvalue weighted by molar-refractivity contribution is -0.553. The van der Waals surface area contributed by atoms with E-state index in [1.807, 2.05) is 11.3 Å². The molecule has 19 heteroatoms. The second-order valence-corrected chi connectivity index (χ2v) is 46.8. The number of nitrogens with zero attached hydrogens (tertiary/aromatic N) is 8. The van der Waals surface area contributed by atoms with Crippen LogP contribution in [0.2, 0.25) is 0 Å². The summed E-state index contributed by atoms with van der Waals surface area (Å²) in [6, 6.07) is 6.78. The molecule has 0 aromatic carbocycles. The summed E-state index contributed by atoms with van der Waals surface area (Å²) in [6.07, 6.45) is 8.76. The van der Waals surface area contributed by atoms with Crippen LogP contribution in [0.15, 0.2) is 5.18 Å². The molecule has 0 amide bonds. The molecule has 30 fully saturated rings. The smallest absolute Gasteiger partial charge is 0.216 e. The minimum Gasteiger partial charge on any atom is -0.330 e. The molecule has 0 radical (unpaired) electrons. The Hall–Kier alpha value is -2.32. The summed E-state index contributed by atoms with van der Waals surface area (Å²) in [5.41, 5.74) is 15.6. The lowest BCUT2D eigenvalue weighted by Gasteiger charge is -2.89. The highest BCUT2D eigenvalue weighted by molar-refractivity contribution is 5.59. The van der Waals surface area contributed by atoms with Crippen LogP contribution in [0, 0.1) is 322 Å². The number of fused-ring (bicyclic) bond motifs is 2. The lowest BCUT2D eigenvalue weighted by Crippen LogP contribution is -2.95. The quantitative estimate of drug-likeness (QED) is 0.0617. The SMILES string of the molecule is CCC1C2C3C4C(CC2[N+](=O)[O-])C2NC(N=O)CC5C2C2C6C7C8C(CC6N5O)NC5CC6CC9C(N)C%10CNC%11C%12C(C#N)C%13C(C=N)C(CN)CC%14C(C)C%15C(C)C%16C(C)C%17C(C)C%18C%19C%20C%17CN%16C%16C%17C%21NC%22C(C6C%21C9C(C%10%11)C%17C%12C(C%14%13)C%15%16)C5C8C(C%22%20)C5C7C(C42)N2C3N(C1C)C(C)N(C%18C)C2C%195. The number of nitroso groups, excluding NO2 is 1. The number of piperidine rings is 10. The Balaban J connectivity index is 0.688. The van der Waals surface area contributed by atoms with Gasteiger partial charge in [0, 0.05) is 133 Å². The Labute approximate surface area is 632 Å². The van der Waals surface area contributed by atoms with Gasteiger partial charge in [-0.25, -0.2) is 0 Å². The summed E-state index contributed by atoms with van der Waals surface area (Å²) in [5.74, 6) is 23.3. The zero-order valence-electron chi connectivity index (χ0n) is 64.3. The first-order valence-electron chi connectivity index (χ1n) is 46.5. The summed E-state index contributed by atoms with van der Waals surface area (Å²) < 4.78 is 0. The monoisotopic (exact) mass is 1450 g/mol. The largest absolute Gasteiger partial charge is 0.330 e. The lowest BCUT2D eigenvalue weighted by atomic mass is 9.23. The molecule has 17 saturated carbocycles. The van der Waals surface area contributed by atoms with Crippen molar-refractivity contribution in [3.63, 3.8) is 0 Å². The van der Waals surface area contributed by atoms with Gasteiger partial charge in [-0.1, -0.05) is 46.2 Å². The minimum absolute atomic E-state index is 0.000538. The van der Waals surface area contributed by atoms with Gasteiger partial charge < -0.3 is 38.0 Å². The predicted octanol–water partition coefficient (Wildman–Crippen LogP) is 6.70. The molecule has 19 nitrogen and oxygen atoms in total. The number of nitrogens with one attached hydrogen (secondary N) is 5. The molecule has 30 aliphatic rings. The fourth-order valence-electron chi connectivity index (χ4n) is 48.9. The summed E-state index contributed by atoms with van der Waals surface area (Å²) in [5, 5.41) is 75.9. The topological polar surface area (TPSA) is 257 Å². The van der Waals surface area contributed by atoms with E-state index < -0.39 is 12.2 Å². The summed E-state index contributed by atoms with van der Waals surface area (Å²) >= 11 is 0. The average Bonchev–Trinajstić information content (AvgIpc) is 1.01. The molecule has 107 heavy (non-hydrogen) atoms. The van der Waals surface area contributed by atoms with Crippen LogP contribution >= 0.6 is 0 Å². The van der Waals surface area contributed by atoms with Crippen LogP contribution in [0.1, 0.15) is 100 Å². The van der Waals surface area contributed by atoms with Crippen LogP contribution in [-0.4, -0.2) is 176 Å². The van der Waals surface area contributed by atoms with Crippen LogP contribution in [0.3, 0.4) is 0 Å². The van der Waals surface area contributed by atoms with E-state index in [0.29, 0.717) is 317 Å². The molecular formula is C88H123N15O4. The number of nitrogens with two attached hydrogens (primary N) is 2. The van der Waals surface area contributed by atoms with Crippen molar-refractivity contribution in [3.05, 3.63) is 15.0 Å². The van der Waals surface area contributed by atoms with E-state index in [9.17, 15) is 30.9 Å². The van der Waals surface area contributed by atoms with Crippen molar-refractivity contribution in [1.82, 2.24) is 45.9 Å². The summed E-state index contributed by atoms with van der Waals surface area (Å²) in [7, 11) is 0. The first-order chi connectivity index (χ1) is 52.1. The number of hydroxylamine groups is 2. The normalized spacial score (nSPS) is 74.8. The molecule has 574 valence electrons. The highest BCUT2D eigenvalue weighted by Gasteiger charge is 2.91. The summed E-state index contributed by atoms with van der Waals surface area (Å²) in [4.78, 5) is 41.9. The molecule has 0 spiro atoms. The Kier molecular flexibility index (Phi) is 11.5. The van der Waals surface area contributed by atoms with Gasteiger partial charge in [0.15, 0.2) is 0 Å². The van der Waals surface area contributed by atoms with Crippen molar-refractivity contribution in [2.24, 2.45) is 307 Å². The highest BCUT2D eigenvalue weighted by atomic mass is 16.6.